The van der Waals surface area contributed by atoms with Crippen LogP contribution in [0, 0.1) is 11.7 Å². The second-order valence-corrected chi connectivity index (χ2v) is 10.5. The number of hydrogen-bond acceptors (Lipinski definition) is 5. The van der Waals surface area contributed by atoms with Gasteiger partial charge in [0, 0.05) is 63.0 Å². The van der Waals surface area contributed by atoms with E-state index in [1.54, 1.807) is 7.11 Å². The number of nitrogens with zero attached hydrogens (tertiary/aromatic N) is 3. The summed E-state index contributed by atoms with van der Waals surface area (Å²) in [5.41, 5.74) is 2.56. The number of piperidine rings is 2. The first kappa shape index (κ1) is 26.2. The lowest BCUT2D eigenvalue weighted by Gasteiger charge is -2.39. The molecular formula is C31H36FN3O3. The number of benzene rings is 2. The zero-order valence-corrected chi connectivity index (χ0v) is 22.0. The normalized spacial score (nSPS) is 19.4. The molecule has 0 bridgehead atoms. The number of hydrogen-bond donors (Lipinski definition) is 0. The van der Waals surface area contributed by atoms with E-state index in [1.807, 2.05) is 53.6 Å². The lowest BCUT2D eigenvalue weighted by Crippen LogP contribution is -2.44. The van der Waals surface area contributed by atoms with E-state index in [-0.39, 0.29) is 23.4 Å². The van der Waals surface area contributed by atoms with Gasteiger partial charge < -0.3 is 14.5 Å². The highest BCUT2D eigenvalue weighted by Gasteiger charge is 2.30. The highest BCUT2D eigenvalue weighted by molar-refractivity contribution is 5.99. The molecule has 3 aliphatic rings. The molecule has 3 heterocycles. The van der Waals surface area contributed by atoms with Crippen LogP contribution >= 0.6 is 0 Å². The Labute approximate surface area is 224 Å². The Morgan fingerprint density at radius 3 is 2.26 bits per heavy atom. The summed E-state index contributed by atoms with van der Waals surface area (Å²) < 4.78 is 18.4. The molecule has 0 saturated carbocycles. The van der Waals surface area contributed by atoms with Crippen molar-refractivity contribution in [1.29, 1.82) is 0 Å². The molecule has 5 rings (SSSR count). The van der Waals surface area contributed by atoms with Crippen LogP contribution in [0.15, 0.2) is 72.5 Å². The van der Waals surface area contributed by atoms with E-state index in [4.69, 9.17) is 4.74 Å². The Morgan fingerprint density at radius 2 is 1.61 bits per heavy atom. The molecule has 200 valence electrons. The van der Waals surface area contributed by atoms with E-state index in [9.17, 15) is 14.0 Å². The van der Waals surface area contributed by atoms with Crippen molar-refractivity contribution in [2.45, 2.75) is 38.3 Å². The molecular weight excluding hydrogens is 481 g/mol. The molecule has 0 aromatic heterocycles. The Balaban J connectivity index is 1.11. The first-order chi connectivity index (χ1) is 18.5. The summed E-state index contributed by atoms with van der Waals surface area (Å²) in [5.74, 6) is 0.679. The van der Waals surface area contributed by atoms with Gasteiger partial charge in [-0.1, -0.05) is 24.3 Å². The van der Waals surface area contributed by atoms with E-state index in [0.29, 0.717) is 37.5 Å². The van der Waals surface area contributed by atoms with Crippen molar-refractivity contribution < 1.29 is 18.7 Å². The first-order valence-electron chi connectivity index (χ1n) is 13.6. The molecule has 0 spiro atoms. The Bertz CT molecular complexity index is 1180. The summed E-state index contributed by atoms with van der Waals surface area (Å²) in [6.45, 7) is 4.81. The van der Waals surface area contributed by atoms with Gasteiger partial charge in [-0.15, -0.1) is 0 Å². The van der Waals surface area contributed by atoms with Gasteiger partial charge in [0.05, 0.1) is 12.7 Å². The van der Waals surface area contributed by atoms with Crippen LogP contribution in [-0.4, -0.2) is 72.3 Å². The van der Waals surface area contributed by atoms with Crippen LogP contribution in [0.3, 0.4) is 0 Å². The molecule has 2 aromatic rings. The highest BCUT2D eigenvalue weighted by atomic mass is 19.1. The summed E-state index contributed by atoms with van der Waals surface area (Å²) in [5, 5.41) is 0. The van der Waals surface area contributed by atoms with E-state index < -0.39 is 0 Å². The van der Waals surface area contributed by atoms with Crippen molar-refractivity contribution in [2.75, 3.05) is 39.8 Å². The standard InChI is InChI=1S/C31H36FN3O3/c1-38-29-10-6-24(7-11-29)30(36)25-12-19-34(20-13-25)31(37)26-3-2-16-35(22-26)28-14-17-33(18-15-28)21-23-4-8-27(32)9-5-23/h2-11,22,25,28H,12-21H2,1H3. The number of rotatable bonds is 7. The number of halogens is 1. The van der Waals surface area contributed by atoms with Gasteiger partial charge >= 0.3 is 0 Å². The van der Waals surface area contributed by atoms with Gasteiger partial charge in [0.2, 0.25) is 0 Å². The van der Waals surface area contributed by atoms with E-state index >= 15 is 0 Å². The average molecular weight is 518 g/mol. The van der Waals surface area contributed by atoms with Crippen molar-refractivity contribution in [2.24, 2.45) is 5.92 Å². The molecule has 3 aliphatic heterocycles. The molecule has 7 heteroatoms. The van der Waals surface area contributed by atoms with Crippen LogP contribution in [0.2, 0.25) is 0 Å². The monoisotopic (exact) mass is 517 g/mol. The number of ether oxygens (including phenoxy) is 1. The number of amides is 1. The van der Waals surface area contributed by atoms with Crippen molar-refractivity contribution in [3.63, 3.8) is 0 Å². The number of ketones is 1. The fourth-order valence-electron chi connectivity index (χ4n) is 5.73. The van der Waals surface area contributed by atoms with Crippen molar-refractivity contribution in [3.8, 4) is 5.75 Å². The topological polar surface area (TPSA) is 53.1 Å². The van der Waals surface area contributed by atoms with Crippen LogP contribution in [0.1, 0.15) is 41.6 Å². The third-order valence-electron chi connectivity index (χ3n) is 8.04. The fraction of sp³-hybridized carbons (Fsp3) is 0.419. The van der Waals surface area contributed by atoms with Crippen LogP contribution in [0.4, 0.5) is 4.39 Å². The molecule has 2 aromatic carbocycles. The van der Waals surface area contributed by atoms with E-state index in [1.165, 1.54) is 12.1 Å². The Hall–Kier alpha value is -3.45. The molecule has 38 heavy (non-hydrogen) atoms. The minimum atomic E-state index is -0.200. The van der Waals surface area contributed by atoms with Crippen LogP contribution in [0.5, 0.6) is 5.75 Å². The van der Waals surface area contributed by atoms with Gasteiger partial charge in [-0.3, -0.25) is 14.5 Å². The van der Waals surface area contributed by atoms with Gasteiger partial charge in [0.1, 0.15) is 11.6 Å². The van der Waals surface area contributed by atoms with Gasteiger partial charge in [-0.2, -0.15) is 0 Å². The summed E-state index contributed by atoms with van der Waals surface area (Å²) in [6, 6.07) is 14.4. The van der Waals surface area contributed by atoms with Crippen molar-refractivity contribution in [1.82, 2.24) is 14.7 Å². The van der Waals surface area contributed by atoms with Crippen LogP contribution < -0.4 is 4.74 Å². The molecule has 6 nitrogen and oxygen atoms in total. The van der Waals surface area contributed by atoms with Crippen LogP contribution in [-0.2, 0) is 11.3 Å². The highest BCUT2D eigenvalue weighted by Crippen LogP contribution is 2.26. The molecule has 2 saturated heterocycles. The summed E-state index contributed by atoms with van der Waals surface area (Å²) in [7, 11) is 1.61. The largest absolute Gasteiger partial charge is 0.497 e. The maximum atomic E-state index is 13.3. The SMILES string of the molecule is COc1ccc(C(=O)C2CCN(C(=O)C3=CN(C4CCN(Cc5ccc(F)cc5)CC4)CC=C3)CC2)cc1. The number of methoxy groups -OCH3 is 1. The van der Waals surface area contributed by atoms with Gasteiger partial charge in [0.25, 0.3) is 5.91 Å². The number of likely N-dealkylation sites (tertiary alicyclic amines) is 2. The second kappa shape index (κ2) is 11.9. The molecule has 0 aliphatic carbocycles. The number of Topliss-reactive ketones (excluding diaryl/α,β-unsaturated/α-hetero) is 1. The smallest absolute Gasteiger partial charge is 0.255 e. The third kappa shape index (κ3) is 6.16. The zero-order chi connectivity index (χ0) is 26.5. The number of carbonyl (C=O) groups is 2. The molecule has 0 atom stereocenters. The van der Waals surface area contributed by atoms with Gasteiger partial charge in [0.15, 0.2) is 5.78 Å². The maximum Gasteiger partial charge on any atom is 0.255 e. The van der Waals surface area contributed by atoms with Crippen LogP contribution in [0.25, 0.3) is 0 Å². The van der Waals surface area contributed by atoms with E-state index in [0.717, 1.165) is 55.9 Å². The maximum absolute atomic E-state index is 13.3. The Morgan fingerprint density at radius 1 is 0.921 bits per heavy atom. The summed E-state index contributed by atoms with van der Waals surface area (Å²) in [4.78, 5) is 32.9. The average Bonchev–Trinajstić information content (AvgIpc) is 2.98. The zero-order valence-electron chi connectivity index (χ0n) is 22.0. The lowest BCUT2D eigenvalue weighted by atomic mass is 9.88. The molecule has 2 fully saturated rings. The predicted octanol–water partition coefficient (Wildman–Crippen LogP) is 4.68. The summed E-state index contributed by atoms with van der Waals surface area (Å²) >= 11 is 0. The third-order valence-corrected chi connectivity index (χ3v) is 8.04. The Kier molecular flexibility index (Phi) is 8.23. The minimum Gasteiger partial charge on any atom is -0.497 e. The second-order valence-electron chi connectivity index (χ2n) is 10.5. The lowest BCUT2D eigenvalue weighted by molar-refractivity contribution is -0.128. The minimum absolute atomic E-state index is 0.0510. The fourth-order valence-corrected chi connectivity index (χ4v) is 5.73. The number of carbonyl (C=O) groups excluding carboxylic acids is 2. The molecule has 0 unspecified atom stereocenters. The molecule has 0 radical (unpaired) electrons. The molecule has 0 N–H and O–H groups in total. The van der Waals surface area contributed by atoms with Gasteiger partial charge in [-0.25, -0.2) is 4.39 Å². The summed E-state index contributed by atoms with van der Waals surface area (Å²) in [6.07, 6.45) is 9.50. The van der Waals surface area contributed by atoms with Crippen molar-refractivity contribution >= 4 is 11.7 Å². The van der Waals surface area contributed by atoms with Crippen molar-refractivity contribution in [3.05, 3.63) is 89.4 Å². The van der Waals surface area contributed by atoms with Gasteiger partial charge in [-0.05, 0) is 67.6 Å². The quantitative estimate of drug-likeness (QED) is 0.500. The molecule has 1 amide bonds. The van der Waals surface area contributed by atoms with E-state index in [2.05, 4.69) is 15.9 Å². The first-order valence-corrected chi connectivity index (χ1v) is 13.6. The predicted molar refractivity (Wildman–Crippen MR) is 145 cm³/mol.